The van der Waals surface area contributed by atoms with Gasteiger partial charge in [0.2, 0.25) is 10.0 Å². The lowest BCUT2D eigenvalue weighted by molar-refractivity contribution is 0.385. The van der Waals surface area contributed by atoms with Gasteiger partial charge >= 0.3 is 0 Å². The average Bonchev–Trinajstić information content (AvgIpc) is 3.12. The van der Waals surface area contributed by atoms with Gasteiger partial charge in [0.25, 0.3) is 0 Å². The van der Waals surface area contributed by atoms with E-state index in [2.05, 4.69) is 28.7 Å². The number of thiazole rings is 1. The average molecular weight is 417 g/mol. The highest BCUT2D eigenvalue weighted by atomic mass is 32.2. The molecule has 1 saturated heterocycles. The molecule has 0 atom stereocenters. The van der Waals surface area contributed by atoms with E-state index in [-0.39, 0.29) is 0 Å². The number of hydrogen-bond donors (Lipinski definition) is 0. The van der Waals surface area contributed by atoms with Crippen LogP contribution in [-0.4, -0.2) is 48.9 Å². The van der Waals surface area contributed by atoms with Crippen molar-refractivity contribution in [3.63, 3.8) is 0 Å². The second-order valence-electron chi connectivity index (χ2n) is 7.46. The molecule has 0 bridgehead atoms. The van der Waals surface area contributed by atoms with Gasteiger partial charge in [-0.2, -0.15) is 4.31 Å². The van der Waals surface area contributed by atoms with Crippen LogP contribution in [0.25, 0.3) is 10.3 Å². The standard InChI is InChI=1S/C20H24N4O2S2/c1-15(2)14-16-5-7-17(8-6-16)28(25,26)24-12-10-23(11-13-24)20-22-18-4-3-9-21-19(18)27-20/h3-9,15H,10-14H2,1-2H3. The van der Waals surface area contributed by atoms with Crippen molar-refractivity contribution in [3.05, 3.63) is 48.2 Å². The highest BCUT2D eigenvalue weighted by molar-refractivity contribution is 7.89. The number of benzene rings is 1. The van der Waals surface area contributed by atoms with E-state index < -0.39 is 10.0 Å². The van der Waals surface area contributed by atoms with E-state index in [1.165, 1.54) is 5.56 Å². The topological polar surface area (TPSA) is 66.4 Å². The van der Waals surface area contributed by atoms with Crippen molar-refractivity contribution in [3.8, 4) is 0 Å². The Hall–Kier alpha value is -2.03. The van der Waals surface area contributed by atoms with Gasteiger partial charge in [-0.15, -0.1) is 0 Å². The van der Waals surface area contributed by atoms with Gasteiger partial charge in [-0.3, -0.25) is 0 Å². The predicted octanol–water partition coefficient (Wildman–Crippen LogP) is 3.40. The van der Waals surface area contributed by atoms with Crippen molar-refractivity contribution in [1.82, 2.24) is 14.3 Å². The summed E-state index contributed by atoms with van der Waals surface area (Å²) in [5.41, 5.74) is 2.06. The molecule has 3 heterocycles. The van der Waals surface area contributed by atoms with Crippen molar-refractivity contribution in [2.45, 2.75) is 25.2 Å². The van der Waals surface area contributed by atoms with Gasteiger partial charge in [0.15, 0.2) is 5.13 Å². The fourth-order valence-corrected chi connectivity index (χ4v) is 5.81. The molecular weight excluding hydrogens is 392 g/mol. The smallest absolute Gasteiger partial charge is 0.243 e. The van der Waals surface area contributed by atoms with Crippen LogP contribution in [0.4, 0.5) is 5.13 Å². The Bertz CT molecular complexity index is 1020. The number of fused-ring (bicyclic) bond motifs is 1. The van der Waals surface area contributed by atoms with Crippen LogP contribution < -0.4 is 4.90 Å². The van der Waals surface area contributed by atoms with Crippen molar-refractivity contribution >= 4 is 36.8 Å². The zero-order chi connectivity index (χ0) is 19.7. The molecule has 1 aromatic carbocycles. The minimum Gasteiger partial charge on any atom is -0.345 e. The summed E-state index contributed by atoms with van der Waals surface area (Å²) in [6, 6.07) is 11.2. The number of hydrogen-bond acceptors (Lipinski definition) is 6. The van der Waals surface area contributed by atoms with Crippen LogP contribution in [0.3, 0.4) is 0 Å². The predicted molar refractivity (Wildman–Crippen MR) is 113 cm³/mol. The van der Waals surface area contributed by atoms with Crippen LogP contribution in [-0.2, 0) is 16.4 Å². The first-order valence-corrected chi connectivity index (χ1v) is 11.7. The van der Waals surface area contributed by atoms with Crippen LogP contribution in [0, 0.1) is 5.92 Å². The third-order valence-electron chi connectivity index (χ3n) is 4.87. The highest BCUT2D eigenvalue weighted by Gasteiger charge is 2.29. The molecule has 1 fully saturated rings. The summed E-state index contributed by atoms with van der Waals surface area (Å²) in [7, 11) is -3.46. The largest absolute Gasteiger partial charge is 0.345 e. The Labute approximate surface area is 169 Å². The molecule has 0 N–H and O–H groups in total. The van der Waals surface area contributed by atoms with Gasteiger partial charge in [-0.05, 0) is 42.2 Å². The highest BCUT2D eigenvalue weighted by Crippen LogP contribution is 2.28. The molecule has 4 rings (SSSR count). The number of pyridine rings is 1. The molecule has 148 valence electrons. The van der Waals surface area contributed by atoms with E-state index in [4.69, 9.17) is 0 Å². The lowest BCUT2D eigenvalue weighted by atomic mass is 10.0. The minimum atomic E-state index is -3.46. The van der Waals surface area contributed by atoms with E-state index in [0.29, 0.717) is 37.0 Å². The maximum atomic E-state index is 13.0. The molecule has 2 aromatic heterocycles. The Morgan fingerprint density at radius 2 is 1.79 bits per heavy atom. The monoisotopic (exact) mass is 416 g/mol. The molecule has 0 amide bonds. The van der Waals surface area contributed by atoms with E-state index in [1.54, 1.807) is 34.0 Å². The SMILES string of the molecule is CC(C)Cc1ccc(S(=O)(=O)N2CCN(c3nc4cccnc4s3)CC2)cc1. The summed E-state index contributed by atoms with van der Waals surface area (Å²) >= 11 is 1.55. The molecule has 1 aliphatic rings. The van der Waals surface area contributed by atoms with E-state index in [9.17, 15) is 8.42 Å². The Kier molecular flexibility index (Phi) is 5.35. The first-order valence-electron chi connectivity index (χ1n) is 9.49. The van der Waals surface area contributed by atoms with Crippen LogP contribution in [0.15, 0.2) is 47.5 Å². The number of anilines is 1. The summed E-state index contributed by atoms with van der Waals surface area (Å²) in [6.07, 6.45) is 2.72. The fourth-order valence-electron chi connectivity index (χ4n) is 3.43. The second-order valence-corrected chi connectivity index (χ2v) is 10.4. The molecular formula is C20H24N4O2S2. The zero-order valence-corrected chi connectivity index (χ0v) is 17.7. The van der Waals surface area contributed by atoms with Crippen molar-refractivity contribution in [1.29, 1.82) is 0 Å². The molecule has 1 aliphatic heterocycles. The lowest BCUT2D eigenvalue weighted by Crippen LogP contribution is -2.48. The van der Waals surface area contributed by atoms with Gasteiger partial charge in [-0.25, -0.2) is 18.4 Å². The third-order valence-corrected chi connectivity index (χ3v) is 7.82. The number of rotatable bonds is 5. The van der Waals surface area contributed by atoms with Gasteiger partial charge in [0.1, 0.15) is 10.3 Å². The van der Waals surface area contributed by atoms with Crippen LogP contribution in [0.5, 0.6) is 0 Å². The van der Waals surface area contributed by atoms with Crippen molar-refractivity contribution in [2.24, 2.45) is 5.92 Å². The van der Waals surface area contributed by atoms with Crippen molar-refractivity contribution < 1.29 is 8.42 Å². The van der Waals surface area contributed by atoms with Crippen molar-refractivity contribution in [2.75, 3.05) is 31.1 Å². The summed E-state index contributed by atoms with van der Waals surface area (Å²) in [5.74, 6) is 0.549. The van der Waals surface area contributed by atoms with Gasteiger partial charge < -0.3 is 4.90 Å². The molecule has 6 nitrogen and oxygen atoms in total. The molecule has 0 spiro atoms. The molecule has 0 radical (unpaired) electrons. The second kappa shape index (κ2) is 7.77. The molecule has 0 unspecified atom stereocenters. The minimum absolute atomic E-state index is 0.373. The summed E-state index contributed by atoms with van der Waals surface area (Å²) < 4.78 is 27.6. The molecule has 28 heavy (non-hydrogen) atoms. The normalized spacial score (nSPS) is 16.2. The molecule has 8 heteroatoms. The van der Waals surface area contributed by atoms with E-state index in [0.717, 1.165) is 21.9 Å². The Morgan fingerprint density at radius 3 is 2.43 bits per heavy atom. The Morgan fingerprint density at radius 1 is 1.07 bits per heavy atom. The first kappa shape index (κ1) is 19.3. The number of piperazine rings is 1. The van der Waals surface area contributed by atoms with E-state index in [1.807, 2.05) is 24.3 Å². The molecule has 0 aliphatic carbocycles. The summed E-state index contributed by atoms with van der Waals surface area (Å²) in [4.78, 5) is 12.4. The number of sulfonamides is 1. The maximum Gasteiger partial charge on any atom is 0.243 e. The fraction of sp³-hybridized carbons (Fsp3) is 0.400. The number of nitrogens with zero attached hydrogens (tertiary/aromatic N) is 4. The van der Waals surface area contributed by atoms with Crippen LogP contribution >= 0.6 is 11.3 Å². The van der Waals surface area contributed by atoms with Crippen LogP contribution in [0.2, 0.25) is 0 Å². The van der Waals surface area contributed by atoms with Crippen LogP contribution in [0.1, 0.15) is 19.4 Å². The maximum absolute atomic E-state index is 13.0. The summed E-state index contributed by atoms with van der Waals surface area (Å²) in [6.45, 7) is 6.49. The molecule has 3 aromatic rings. The third kappa shape index (κ3) is 3.90. The van der Waals surface area contributed by atoms with Gasteiger partial charge in [0, 0.05) is 32.4 Å². The molecule has 0 saturated carbocycles. The lowest BCUT2D eigenvalue weighted by Gasteiger charge is -2.33. The zero-order valence-electron chi connectivity index (χ0n) is 16.1. The van der Waals surface area contributed by atoms with Gasteiger partial charge in [-0.1, -0.05) is 37.3 Å². The quantitative estimate of drug-likeness (QED) is 0.638. The van der Waals surface area contributed by atoms with E-state index >= 15 is 0 Å². The first-order chi connectivity index (χ1) is 13.4. The Balaban J connectivity index is 1.44. The van der Waals surface area contributed by atoms with Gasteiger partial charge in [0.05, 0.1) is 4.90 Å². The summed E-state index contributed by atoms with van der Waals surface area (Å²) in [5, 5.41) is 0.906. The number of aromatic nitrogens is 2.